The van der Waals surface area contributed by atoms with Gasteiger partial charge in [-0.15, -0.1) is 0 Å². The zero-order valence-corrected chi connectivity index (χ0v) is 12.0. The summed E-state index contributed by atoms with van der Waals surface area (Å²) in [7, 11) is 1.60. The molecule has 0 radical (unpaired) electrons. The standard InChI is InChI=1S/C15H22N2O3/c1-15(19,7-8-20-2)11-17-10-14(18)13-5-3-12(9-16)4-6-13/h3-6,14,17-19H,7-8,10-11H2,1-2H3. The van der Waals surface area contributed by atoms with Gasteiger partial charge in [-0.1, -0.05) is 12.1 Å². The minimum absolute atomic E-state index is 0.342. The highest BCUT2D eigenvalue weighted by atomic mass is 16.5. The first kappa shape index (κ1) is 16.6. The molecule has 0 spiro atoms. The SMILES string of the molecule is COCCC(C)(O)CNCC(O)c1ccc(C#N)cc1. The van der Waals surface area contributed by atoms with E-state index in [9.17, 15) is 10.2 Å². The Morgan fingerprint density at radius 1 is 1.40 bits per heavy atom. The van der Waals surface area contributed by atoms with Crippen LogP contribution >= 0.6 is 0 Å². The molecule has 1 aromatic carbocycles. The molecular weight excluding hydrogens is 256 g/mol. The third-order valence-corrected chi connectivity index (χ3v) is 3.11. The van der Waals surface area contributed by atoms with E-state index in [0.29, 0.717) is 31.7 Å². The van der Waals surface area contributed by atoms with Crippen molar-refractivity contribution in [2.45, 2.75) is 25.0 Å². The van der Waals surface area contributed by atoms with Crippen LogP contribution in [-0.2, 0) is 4.74 Å². The fourth-order valence-electron chi connectivity index (χ4n) is 1.79. The molecule has 20 heavy (non-hydrogen) atoms. The van der Waals surface area contributed by atoms with Crippen LogP contribution in [0, 0.1) is 11.3 Å². The van der Waals surface area contributed by atoms with E-state index in [0.717, 1.165) is 5.56 Å². The molecule has 5 nitrogen and oxygen atoms in total. The first-order chi connectivity index (χ1) is 9.48. The van der Waals surface area contributed by atoms with E-state index in [1.54, 1.807) is 38.3 Å². The summed E-state index contributed by atoms with van der Waals surface area (Å²) >= 11 is 0. The van der Waals surface area contributed by atoms with Crippen molar-refractivity contribution in [2.75, 3.05) is 26.8 Å². The number of hydrogen-bond donors (Lipinski definition) is 3. The van der Waals surface area contributed by atoms with Crippen molar-refractivity contribution in [1.82, 2.24) is 5.32 Å². The van der Waals surface area contributed by atoms with E-state index in [1.165, 1.54) is 0 Å². The summed E-state index contributed by atoms with van der Waals surface area (Å²) in [6, 6.07) is 8.84. The first-order valence-corrected chi connectivity index (χ1v) is 6.58. The van der Waals surface area contributed by atoms with Crippen molar-refractivity contribution in [3.63, 3.8) is 0 Å². The average molecular weight is 278 g/mol. The zero-order valence-electron chi connectivity index (χ0n) is 12.0. The minimum atomic E-state index is -0.861. The van der Waals surface area contributed by atoms with Gasteiger partial charge in [-0.05, 0) is 24.6 Å². The molecule has 0 fully saturated rings. The Kier molecular flexibility index (Phi) is 6.62. The molecule has 0 heterocycles. The Morgan fingerprint density at radius 2 is 2.05 bits per heavy atom. The molecule has 0 amide bonds. The fraction of sp³-hybridized carbons (Fsp3) is 0.533. The molecule has 0 saturated carbocycles. The number of benzene rings is 1. The Morgan fingerprint density at radius 3 is 2.60 bits per heavy atom. The predicted octanol–water partition coefficient (Wildman–Crippen LogP) is 0.969. The molecule has 0 saturated heterocycles. The largest absolute Gasteiger partial charge is 0.389 e. The van der Waals surface area contributed by atoms with Crippen LogP contribution < -0.4 is 5.32 Å². The Hall–Kier alpha value is -1.45. The summed E-state index contributed by atoms with van der Waals surface area (Å²) < 4.78 is 4.93. The normalized spacial score (nSPS) is 15.3. The van der Waals surface area contributed by atoms with Crippen LogP contribution in [-0.4, -0.2) is 42.6 Å². The average Bonchev–Trinajstić information content (AvgIpc) is 2.45. The van der Waals surface area contributed by atoms with Gasteiger partial charge < -0.3 is 20.3 Å². The fourth-order valence-corrected chi connectivity index (χ4v) is 1.79. The number of aliphatic hydroxyl groups excluding tert-OH is 1. The quantitative estimate of drug-likeness (QED) is 0.659. The van der Waals surface area contributed by atoms with Gasteiger partial charge in [0.25, 0.3) is 0 Å². The number of aliphatic hydroxyl groups is 2. The number of ether oxygens (including phenoxy) is 1. The Balaban J connectivity index is 2.39. The lowest BCUT2D eigenvalue weighted by molar-refractivity contribution is 0.0225. The third kappa shape index (κ3) is 5.68. The lowest BCUT2D eigenvalue weighted by atomic mass is 10.0. The van der Waals surface area contributed by atoms with Gasteiger partial charge in [-0.2, -0.15) is 5.26 Å². The van der Waals surface area contributed by atoms with Crippen molar-refractivity contribution < 1.29 is 14.9 Å². The van der Waals surface area contributed by atoms with Crippen LogP contribution in [0.1, 0.15) is 30.6 Å². The van der Waals surface area contributed by atoms with E-state index in [-0.39, 0.29) is 0 Å². The molecule has 1 aromatic rings. The molecule has 2 atom stereocenters. The van der Waals surface area contributed by atoms with Crippen molar-refractivity contribution >= 4 is 0 Å². The molecule has 0 aliphatic rings. The second-order valence-corrected chi connectivity index (χ2v) is 5.12. The minimum Gasteiger partial charge on any atom is -0.389 e. The molecule has 0 aliphatic carbocycles. The maximum atomic E-state index is 10.0. The van der Waals surface area contributed by atoms with Crippen molar-refractivity contribution in [2.24, 2.45) is 0 Å². The summed E-state index contributed by atoms with van der Waals surface area (Å²) in [5, 5.41) is 31.8. The highest BCUT2D eigenvalue weighted by Crippen LogP contribution is 2.13. The summed E-state index contributed by atoms with van der Waals surface area (Å²) in [6.45, 7) is 2.94. The van der Waals surface area contributed by atoms with Gasteiger partial charge in [0.05, 0.1) is 23.3 Å². The second kappa shape index (κ2) is 7.98. The molecule has 0 aromatic heterocycles. The highest BCUT2D eigenvalue weighted by molar-refractivity contribution is 5.32. The van der Waals surface area contributed by atoms with Gasteiger partial charge in [-0.25, -0.2) is 0 Å². The number of rotatable bonds is 8. The van der Waals surface area contributed by atoms with Crippen LogP contribution in [0.5, 0.6) is 0 Å². The van der Waals surface area contributed by atoms with E-state index in [2.05, 4.69) is 5.32 Å². The van der Waals surface area contributed by atoms with Crippen molar-refractivity contribution in [3.05, 3.63) is 35.4 Å². The second-order valence-electron chi connectivity index (χ2n) is 5.12. The molecule has 1 rings (SSSR count). The maximum absolute atomic E-state index is 10.0. The molecule has 110 valence electrons. The molecule has 5 heteroatoms. The maximum Gasteiger partial charge on any atom is 0.0991 e. The van der Waals surface area contributed by atoms with E-state index < -0.39 is 11.7 Å². The van der Waals surface area contributed by atoms with E-state index in [1.807, 2.05) is 6.07 Å². The Bertz CT molecular complexity index is 437. The molecule has 0 bridgehead atoms. The van der Waals surface area contributed by atoms with Gasteiger partial charge in [0.2, 0.25) is 0 Å². The lowest BCUT2D eigenvalue weighted by Gasteiger charge is -2.24. The van der Waals surface area contributed by atoms with Gasteiger partial charge in [0, 0.05) is 33.2 Å². The van der Waals surface area contributed by atoms with Crippen LogP contribution in [0.3, 0.4) is 0 Å². The van der Waals surface area contributed by atoms with Crippen LogP contribution in [0.2, 0.25) is 0 Å². The predicted molar refractivity (Wildman–Crippen MR) is 76.1 cm³/mol. The van der Waals surface area contributed by atoms with E-state index in [4.69, 9.17) is 10.00 Å². The number of hydrogen-bond acceptors (Lipinski definition) is 5. The summed E-state index contributed by atoms with van der Waals surface area (Å²) in [6.07, 6.45) is -0.135. The van der Waals surface area contributed by atoms with Crippen LogP contribution in [0.4, 0.5) is 0 Å². The molecule has 2 unspecified atom stereocenters. The van der Waals surface area contributed by atoms with E-state index >= 15 is 0 Å². The highest BCUT2D eigenvalue weighted by Gasteiger charge is 2.20. The molecular formula is C15H22N2O3. The van der Waals surface area contributed by atoms with Gasteiger partial charge in [-0.3, -0.25) is 0 Å². The monoisotopic (exact) mass is 278 g/mol. The lowest BCUT2D eigenvalue weighted by Crippen LogP contribution is -2.40. The smallest absolute Gasteiger partial charge is 0.0991 e. The third-order valence-electron chi connectivity index (χ3n) is 3.11. The number of nitriles is 1. The van der Waals surface area contributed by atoms with Crippen LogP contribution in [0.25, 0.3) is 0 Å². The van der Waals surface area contributed by atoms with Crippen molar-refractivity contribution in [1.29, 1.82) is 5.26 Å². The summed E-state index contributed by atoms with van der Waals surface area (Å²) in [5.41, 5.74) is 0.449. The molecule has 0 aliphatic heterocycles. The summed E-state index contributed by atoms with van der Waals surface area (Å²) in [4.78, 5) is 0. The van der Waals surface area contributed by atoms with Gasteiger partial charge in [0.1, 0.15) is 0 Å². The van der Waals surface area contributed by atoms with Gasteiger partial charge >= 0.3 is 0 Å². The topological polar surface area (TPSA) is 85.5 Å². The number of nitrogens with one attached hydrogen (secondary N) is 1. The van der Waals surface area contributed by atoms with Crippen molar-refractivity contribution in [3.8, 4) is 6.07 Å². The first-order valence-electron chi connectivity index (χ1n) is 6.58. The van der Waals surface area contributed by atoms with Gasteiger partial charge in [0.15, 0.2) is 0 Å². The zero-order chi connectivity index (χ0) is 15.0. The van der Waals surface area contributed by atoms with Crippen LogP contribution in [0.15, 0.2) is 24.3 Å². The number of methoxy groups -OCH3 is 1. The Labute approximate surface area is 119 Å². The number of nitrogens with zero attached hydrogens (tertiary/aromatic N) is 1. The molecule has 3 N–H and O–H groups in total. The summed E-state index contributed by atoms with van der Waals surface area (Å²) in [5.74, 6) is 0.